The smallest absolute Gasteiger partial charge is 0.0723 e. The molecule has 0 unspecified atom stereocenters. The van der Waals surface area contributed by atoms with Crippen LogP contribution in [0.1, 0.15) is 28.3 Å². The number of rotatable bonds is 0. The first-order chi connectivity index (χ1) is 6.18. The highest BCUT2D eigenvalue weighted by Crippen LogP contribution is 2.26. The molecule has 0 aromatic heterocycles. The first-order valence-electron chi connectivity index (χ1n) is 4.62. The van der Waals surface area contributed by atoms with Crippen molar-refractivity contribution in [1.82, 2.24) is 0 Å². The van der Waals surface area contributed by atoms with Gasteiger partial charge in [0.25, 0.3) is 0 Å². The molecule has 0 saturated carbocycles. The van der Waals surface area contributed by atoms with E-state index in [1.54, 1.807) is 0 Å². The van der Waals surface area contributed by atoms with Gasteiger partial charge in [-0.05, 0) is 30.5 Å². The van der Waals surface area contributed by atoms with Crippen LogP contribution in [0.15, 0.2) is 12.1 Å². The maximum Gasteiger partial charge on any atom is 0.0723 e. The fourth-order valence-corrected chi connectivity index (χ4v) is 1.94. The maximum absolute atomic E-state index is 5.96. The van der Waals surface area contributed by atoms with Crippen LogP contribution in [-0.2, 0) is 11.3 Å². The molecule has 0 aliphatic carbocycles. The average Bonchev–Trinajstić information content (AvgIpc) is 2.07. The van der Waals surface area contributed by atoms with E-state index < -0.39 is 0 Å². The van der Waals surface area contributed by atoms with Crippen LogP contribution < -0.4 is 5.73 Å². The molecule has 2 rings (SSSR count). The minimum absolute atomic E-state index is 0.0577. The van der Waals surface area contributed by atoms with E-state index in [9.17, 15) is 0 Å². The summed E-state index contributed by atoms with van der Waals surface area (Å²) >= 11 is 0. The highest BCUT2D eigenvalue weighted by atomic mass is 16.5. The van der Waals surface area contributed by atoms with Crippen LogP contribution in [-0.4, -0.2) is 6.61 Å². The lowest BCUT2D eigenvalue weighted by Gasteiger charge is -2.24. The van der Waals surface area contributed by atoms with Crippen molar-refractivity contribution < 1.29 is 4.74 Å². The summed E-state index contributed by atoms with van der Waals surface area (Å²) in [5.41, 5.74) is 11.1. The van der Waals surface area contributed by atoms with Crippen LogP contribution in [0.2, 0.25) is 0 Å². The van der Waals surface area contributed by atoms with Crippen molar-refractivity contribution in [3.05, 3.63) is 34.4 Å². The third kappa shape index (κ3) is 1.47. The molecule has 0 amide bonds. The van der Waals surface area contributed by atoms with E-state index in [4.69, 9.17) is 10.5 Å². The second kappa shape index (κ2) is 3.13. The predicted molar refractivity (Wildman–Crippen MR) is 52.5 cm³/mol. The van der Waals surface area contributed by atoms with Crippen LogP contribution in [0.4, 0.5) is 0 Å². The van der Waals surface area contributed by atoms with Gasteiger partial charge in [0, 0.05) is 0 Å². The van der Waals surface area contributed by atoms with E-state index in [0.717, 1.165) is 6.61 Å². The molecule has 1 aromatic rings. The van der Waals surface area contributed by atoms with E-state index in [1.165, 1.54) is 22.3 Å². The second-order valence-electron chi connectivity index (χ2n) is 3.77. The van der Waals surface area contributed by atoms with Crippen molar-refractivity contribution in [3.8, 4) is 0 Å². The Morgan fingerprint density at radius 2 is 2.15 bits per heavy atom. The van der Waals surface area contributed by atoms with Gasteiger partial charge in [-0.25, -0.2) is 0 Å². The van der Waals surface area contributed by atoms with Crippen molar-refractivity contribution >= 4 is 0 Å². The monoisotopic (exact) mass is 177 g/mol. The van der Waals surface area contributed by atoms with Crippen molar-refractivity contribution in [2.45, 2.75) is 26.5 Å². The summed E-state index contributed by atoms with van der Waals surface area (Å²) in [5, 5.41) is 0. The Balaban J connectivity index is 2.56. The standard InChI is InChI=1S/C11H15NO/c1-7-3-8(2)10-5-13-6-11(12)9(10)4-7/h3-4,11H,5-6,12H2,1-2H3/t11-/m1/s1. The van der Waals surface area contributed by atoms with Gasteiger partial charge in [-0.3, -0.25) is 0 Å². The minimum atomic E-state index is 0.0577. The van der Waals surface area contributed by atoms with E-state index in [0.29, 0.717) is 6.61 Å². The van der Waals surface area contributed by atoms with Crippen LogP contribution in [0.5, 0.6) is 0 Å². The van der Waals surface area contributed by atoms with Crippen LogP contribution in [0, 0.1) is 13.8 Å². The number of aryl methyl sites for hydroxylation is 2. The summed E-state index contributed by atoms with van der Waals surface area (Å²) in [6.07, 6.45) is 0. The molecule has 2 N–H and O–H groups in total. The molecule has 0 spiro atoms. The molecule has 0 bridgehead atoms. The van der Waals surface area contributed by atoms with Gasteiger partial charge in [0.1, 0.15) is 0 Å². The fraction of sp³-hybridized carbons (Fsp3) is 0.455. The van der Waals surface area contributed by atoms with Gasteiger partial charge >= 0.3 is 0 Å². The van der Waals surface area contributed by atoms with E-state index in [1.807, 2.05) is 0 Å². The molecule has 0 saturated heterocycles. The van der Waals surface area contributed by atoms with Crippen LogP contribution in [0.25, 0.3) is 0 Å². The van der Waals surface area contributed by atoms with Crippen molar-refractivity contribution in [2.24, 2.45) is 5.73 Å². The normalized spacial score (nSPS) is 21.3. The lowest BCUT2D eigenvalue weighted by molar-refractivity contribution is 0.0919. The Kier molecular flexibility index (Phi) is 2.10. The first-order valence-corrected chi connectivity index (χ1v) is 4.62. The Morgan fingerprint density at radius 1 is 1.38 bits per heavy atom. The summed E-state index contributed by atoms with van der Waals surface area (Å²) in [6, 6.07) is 4.41. The largest absolute Gasteiger partial charge is 0.375 e. The van der Waals surface area contributed by atoms with Crippen molar-refractivity contribution in [2.75, 3.05) is 6.61 Å². The Bertz CT molecular complexity index is 333. The Morgan fingerprint density at radius 3 is 2.92 bits per heavy atom. The minimum Gasteiger partial charge on any atom is -0.375 e. The maximum atomic E-state index is 5.96. The van der Waals surface area contributed by atoms with Gasteiger partial charge in [-0.15, -0.1) is 0 Å². The summed E-state index contributed by atoms with van der Waals surface area (Å²) in [6.45, 7) is 5.59. The van der Waals surface area contributed by atoms with E-state index in [-0.39, 0.29) is 6.04 Å². The molecule has 1 heterocycles. The molecule has 2 heteroatoms. The van der Waals surface area contributed by atoms with E-state index in [2.05, 4.69) is 26.0 Å². The third-order valence-corrected chi connectivity index (χ3v) is 2.60. The second-order valence-corrected chi connectivity index (χ2v) is 3.77. The van der Waals surface area contributed by atoms with Gasteiger partial charge < -0.3 is 10.5 Å². The molecular weight excluding hydrogens is 162 g/mol. The van der Waals surface area contributed by atoms with E-state index >= 15 is 0 Å². The van der Waals surface area contributed by atoms with Crippen LogP contribution >= 0.6 is 0 Å². The SMILES string of the molecule is Cc1cc(C)c2c(c1)[C@H](N)COC2. The first kappa shape index (κ1) is 8.73. The van der Waals surface area contributed by atoms with Crippen LogP contribution in [0.3, 0.4) is 0 Å². The molecule has 1 aromatic carbocycles. The molecule has 1 aliphatic rings. The van der Waals surface area contributed by atoms with Gasteiger partial charge in [0.05, 0.1) is 19.3 Å². The zero-order chi connectivity index (χ0) is 9.42. The Labute approximate surface area is 78.7 Å². The third-order valence-electron chi connectivity index (χ3n) is 2.60. The highest BCUT2D eigenvalue weighted by molar-refractivity contribution is 5.40. The van der Waals surface area contributed by atoms with Gasteiger partial charge in [0.15, 0.2) is 0 Å². The summed E-state index contributed by atoms with van der Waals surface area (Å²) in [4.78, 5) is 0. The molecule has 70 valence electrons. The lowest BCUT2D eigenvalue weighted by atomic mass is 9.93. The topological polar surface area (TPSA) is 35.2 Å². The molecular formula is C11H15NO. The molecule has 0 radical (unpaired) electrons. The number of fused-ring (bicyclic) bond motifs is 1. The van der Waals surface area contributed by atoms with Crippen molar-refractivity contribution in [1.29, 1.82) is 0 Å². The predicted octanol–water partition coefficient (Wildman–Crippen LogP) is 1.83. The summed E-state index contributed by atoms with van der Waals surface area (Å²) in [5.74, 6) is 0. The number of hydrogen-bond acceptors (Lipinski definition) is 2. The number of nitrogens with two attached hydrogens (primary N) is 1. The number of hydrogen-bond donors (Lipinski definition) is 1. The van der Waals surface area contributed by atoms with Gasteiger partial charge in [-0.2, -0.15) is 0 Å². The summed E-state index contributed by atoms with van der Waals surface area (Å²) < 4.78 is 5.40. The number of ether oxygens (including phenoxy) is 1. The Hall–Kier alpha value is -0.860. The zero-order valence-electron chi connectivity index (χ0n) is 8.13. The highest BCUT2D eigenvalue weighted by Gasteiger charge is 2.18. The van der Waals surface area contributed by atoms with Crippen molar-refractivity contribution in [3.63, 3.8) is 0 Å². The fourth-order valence-electron chi connectivity index (χ4n) is 1.94. The quantitative estimate of drug-likeness (QED) is 0.656. The average molecular weight is 177 g/mol. The molecule has 13 heavy (non-hydrogen) atoms. The summed E-state index contributed by atoms with van der Waals surface area (Å²) in [7, 11) is 0. The molecule has 1 aliphatic heterocycles. The van der Waals surface area contributed by atoms with Gasteiger partial charge in [-0.1, -0.05) is 17.7 Å². The molecule has 2 nitrogen and oxygen atoms in total. The van der Waals surface area contributed by atoms with Gasteiger partial charge in [0.2, 0.25) is 0 Å². The number of benzene rings is 1. The molecule has 1 atom stereocenters. The molecule has 0 fully saturated rings. The lowest BCUT2D eigenvalue weighted by Crippen LogP contribution is -2.24. The zero-order valence-corrected chi connectivity index (χ0v) is 8.13.